The van der Waals surface area contributed by atoms with E-state index in [0.29, 0.717) is 18.1 Å². The molecule has 102 valence electrons. The maximum Gasteiger partial charge on any atom is 0.258 e. The highest BCUT2D eigenvalue weighted by Gasteiger charge is 2.15. The molecule has 0 bridgehead atoms. The second-order valence-electron chi connectivity index (χ2n) is 4.67. The third-order valence-electron chi connectivity index (χ3n) is 3.15. The van der Waals surface area contributed by atoms with Crippen molar-refractivity contribution in [3.63, 3.8) is 0 Å². The molecule has 2 heterocycles. The number of benzene rings is 1. The Hall–Kier alpha value is -2.27. The molecule has 0 saturated carbocycles. The molecule has 5 nitrogen and oxygen atoms in total. The van der Waals surface area contributed by atoms with Gasteiger partial charge in [0.1, 0.15) is 6.10 Å². The zero-order chi connectivity index (χ0) is 13.9. The van der Waals surface area contributed by atoms with Crippen molar-refractivity contribution in [2.75, 3.05) is 0 Å². The maximum absolute atomic E-state index is 9.86. The smallest absolute Gasteiger partial charge is 0.258 e. The van der Waals surface area contributed by atoms with E-state index in [1.54, 1.807) is 6.20 Å². The van der Waals surface area contributed by atoms with Gasteiger partial charge >= 0.3 is 0 Å². The Balaban J connectivity index is 1.94. The predicted molar refractivity (Wildman–Crippen MR) is 74.9 cm³/mol. The van der Waals surface area contributed by atoms with E-state index in [4.69, 9.17) is 4.52 Å². The molecule has 1 unspecified atom stereocenters. The molecule has 1 atom stereocenters. The molecule has 0 spiro atoms. The molecule has 0 saturated heterocycles. The molecule has 5 heteroatoms. The molecular formula is C15H15N3O2. The number of aliphatic hydroxyl groups excluding tert-OH is 1. The third-order valence-corrected chi connectivity index (χ3v) is 3.15. The van der Waals surface area contributed by atoms with Gasteiger partial charge in [-0.3, -0.25) is 4.98 Å². The fraction of sp³-hybridized carbons (Fsp3) is 0.267. The van der Waals surface area contributed by atoms with Crippen molar-refractivity contribution in [3.05, 3.63) is 42.4 Å². The second-order valence-corrected chi connectivity index (χ2v) is 4.67. The number of nitrogens with zero attached hydrogens (tertiary/aromatic N) is 3. The van der Waals surface area contributed by atoms with E-state index in [-0.39, 0.29) is 0 Å². The Morgan fingerprint density at radius 2 is 2.20 bits per heavy atom. The third kappa shape index (κ3) is 2.40. The Bertz CT molecular complexity index is 724. The first-order valence-corrected chi connectivity index (χ1v) is 6.64. The van der Waals surface area contributed by atoms with Crippen molar-refractivity contribution in [3.8, 4) is 11.5 Å². The van der Waals surface area contributed by atoms with E-state index < -0.39 is 6.10 Å². The van der Waals surface area contributed by atoms with Crippen molar-refractivity contribution >= 4 is 10.9 Å². The van der Waals surface area contributed by atoms with Crippen LogP contribution in [0.15, 0.2) is 41.1 Å². The standard InChI is InChI=1S/C15H15N3O2/c1-2-4-13(19)14-17-15(20-18-14)11-6-7-12-10(9-11)5-3-8-16-12/h3,5-9,13,19H,2,4H2,1H3. The van der Waals surface area contributed by atoms with Crippen LogP contribution in [0.5, 0.6) is 0 Å². The molecule has 1 N–H and O–H groups in total. The summed E-state index contributed by atoms with van der Waals surface area (Å²) >= 11 is 0. The van der Waals surface area contributed by atoms with Gasteiger partial charge in [0, 0.05) is 17.1 Å². The first-order valence-electron chi connectivity index (χ1n) is 6.64. The van der Waals surface area contributed by atoms with E-state index in [1.807, 2.05) is 37.3 Å². The van der Waals surface area contributed by atoms with Crippen LogP contribution in [0.1, 0.15) is 31.7 Å². The van der Waals surface area contributed by atoms with E-state index in [9.17, 15) is 5.11 Å². The number of rotatable bonds is 4. The van der Waals surface area contributed by atoms with Gasteiger partial charge in [-0.1, -0.05) is 24.6 Å². The van der Waals surface area contributed by atoms with E-state index in [1.165, 1.54) is 0 Å². The average molecular weight is 269 g/mol. The lowest BCUT2D eigenvalue weighted by molar-refractivity contribution is 0.153. The lowest BCUT2D eigenvalue weighted by atomic mass is 10.1. The lowest BCUT2D eigenvalue weighted by Gasteiger charge is -2.01. The molecule has 20 heavy (non-hydrogen) atoms. The zero-order valence-electron chi connectivity index (χ0n) is 11.2. The summed E-state index contributed by atoms with van der Waals surface area (Å²) in [6, 6.07) is 9.62. The number of fused-ring (bicyclic) bond motifs is 1. The Morgan fingerprint density at radius 3 is 3.05 bits per heavy atom. The van der Waals surface area contributed by atoms with Crippen molar-refractivity contribution in [2.24, 2.45) is 0 Å². The maximum atomic E-state index is 9.86. The minimum atomic E-state index is -0.667. The molecule has 0 fully saturated rings. The van der Waals surface area contributed by atoms with Gasteiger partial charge in [0.2, 0.25) is 5.82 Å². The highest BCUT2D eigenvalue weighted by molar-refractivity contribution is 5.82. The average Bonchev–Trinajstić information content (AvgIpc) is 2.97. The summed E-state index contributed by atoms with van der Waals surface area (Å²) in [6.07, 6.45) is 2.58. The van der Waals surface area contributed by atoms with Crippen LogP contribution in [0.2, 0.25) is 0 Å². The normalized spacial score (nSPS) is 12.7. The van der Waals surface area contributed by atoms with Crippen LogP contribution >= 0.6 is 0 Å². The predicted octanol–water partition coefficient (Wildman–Crippen LogP) is 3.12. The largest absolute Gasteiger partial charge is 0.385 e. The molecule has 0 aliphatic carbocycles. The summed E-state index contributed by atoms with van der Waals surface area (Å²) in [4.78, 5) is 8.52. The Kier molecular flexibility index (Phi) is 3.43. The Morgan fingerprint density at radius 1 is 1.30 bits per heavy atom. The molecule has 0 radical (unpaired) electrons. The summed E-state index contributed by atoms with van der Waals surface area (Å²) in [7, 11) is 0. The highest BCUT2D eigenvalue weighted by Crippen LogP contribution is 2.24. The van der Waals surface area contributed by atoms with Crippen LogP contribution in [0.4, 0.5) is 0 Å². The minimum Gasteiger partial charge on any atom is -0.385 e. The van der Waals surface area contributed by atoms with Crippen molar-refractivity contribution in [2.45, 2.75) is 25.9 Å². The van der Waals surface area contributed by atoms with Gasteiger partial charge in [0.15, 0.2) is 0 Å². The SMILES string of the molecule is CCCC(O)c1noc(-c2ccc3ncccc3c2)n1. The number of aliphatic hydroxyl groups is 1. The number of pyridine rings is 1. The van der Waals surface area contributed by atoms with E-state index >= 15 is 0 Å². The molecule has 0 amide bonds. The van der Waals surface area contributed by atoms with Crippen LogP contribution in [0, 0.1) is 0 Å². The van der Waals surface area contributed by atoms with E-state index in [2.05, 4.69) is 15.1 Å². The fourth-order valence-electron chi connectivity index (χ4n) is 2.10. The van der Waals surface area contributed by atoms with Gasteiger partial charge in [-0.05, 0) is 30.7 Å². The van der Waals surface area contributed by atoms with Crippen molar-refractivity contribution < 1.29 is 9.63 Å². The molecule has 0 aliphatic heterocycles. The quantitative estimate of drug-likeness (QED) is 0.787. The summed E-state index contributed by atoms with van der Waals surface area (Å²) < 4.78 is 5.23. The van der Waals surface area contributed by atoms with Crippen LogP contribution in [-0.4, -0.2) is 20.2 Å². The molecular weight excluding hydrogens is 254 g/mol. The minimum absolute atomic E-state index is 0.341. The first-order chi connectivity index (χ1) is 9.78. The number of hydrogen-bond acceptors (Lipinski definition) is 5. The fourth-order valence-corrected chi connectivity index (χ4v) is 2.10. The highest BCUT2D eigenvalue weighted by atomic mass is 16.5. The molecule has 2 aromatic heterocycles. The van der Waals surface area contributed by atoms with Crippen LogP contribution < -0.4 is 0 Å². The molecule has 3 rings (SSSR count). The number of aromatic nitrogens is 3. The van der Waals surface area contributed by atoms with Gasteiger partial charge in [0.05, 0.1) is 5.52 Å². The van der Waals surface area contributed by atoms with Crippen molar-refractivity contribution in [1.82, 2.24) is 15.1 Å². The van der Waals surface area contributed by atoms with Gasteiger partial charge in [-0.25, -0.2) is 0 Å². The first kappa shape index (κ1) is 12.7. The summed E-state index contributed by atoms with van der Waals surface area (Å²) in [5, 5.41) is 14.7. The Labute approximate surface area is 116 Å². The summed E-state index contributed by atoms with van der Waals surface area (Å²) in [6.45, 7) is 2.00. The topological polar surface area (TPSA) is 72.0 Å². The van der Waals surface area contributed by atoms with Gasteiger partial charge in [-0.15, -0.1) is 0 Å². The number of hydrogen-bond donors (Lipinski definition) is 1. The lowest BCUT2D eigenvalue weighted by Crippen LogP contribution is -1.98. The monoisotopic (exact) mass is 269 g/mol. The van der Waals surface area contributed by atoms with Crippen LogP contribution in [0.25, 0.3) is 22.4 Å². The zero-order valence-corrected chi connectivity index (χ0v) is 11.2. The molecule has 3 aromatic rings. The van der Waals surface area contributed by atoms with Crippen molar-refractivity contribution in [1.29, 1.82) is 0 Å². The van der Waals surface area contributed by atoms with Gasteiger partial charge < -0.3 is 9.63 Å². The van der Waals surface area contributed by atoms with Crippen LogP contribution in [-0.2, 0) is 0 Å². The van der Waals surface area contributed by atoms with E-state index in [0.717, 1.165) is 22.9 Å². The molecule has 1 aromatic carbocycles. The van der Waals surface area contributed by atoms with Gasteiger partial charge in [-0.2, -0.15) is 4.98 Å². The van der Waals surface area contributed by atoms with Gasteiger partial charge in [0.25, 0.3) is 5.89 Å². The molecule has 0 aliphatic rings. The summed E-state index contributed by atoms with van der Waals surface area (Å²) in [5.41, 5.74) is 1.75. The van der Waals surface area contributed by atoms with Crippen LogP contribution in [0.3, 0.4) is 0 Å². The summed E-state index contributed by atoms with van der Waals surface area (Å²) in [5.74, 6) is 0.758. The second kappa shape index (κ2) is 5.38.